The third-order valence-electron chi connectivity index (χ3n) is 2.51. The maximum absolute atomic E-state index is 10.7. The van der Waals surface area contributed by atoms with Gasteiger partial charge < -0.3 is 0 Å². The number of carbonyl (C=O) groups excluding carboxylic acids is 1. The summed E-state index contributed by atoms with van der Waals surface area (Å²) in [6.45, 7) is 3.82. The van der Waals surface area contributed by atoms with Crippen LogP contribution in [0.25, 0.3) is 5.69 Å². The summed E-state index contributed by atoms with van der Waals surface area (Å²) in [5.74, 6) is 0. The van der Waals surface area contributed by atoms with E-state index in [0.29, 0.717) is 16.8 Å². The molecule has 0 aliphatic rings. The molecule has 0 fully saturated rings. The lowest BCUT2D eigenvalue weighted by molar-refractivity contribution is 0.112. The van der Waals surface area contributed by atoms with Crippen LogP contribution in [0.3, 0.4) is 0 Å². The Morgan fingerprint density at radius 1 is 1.35 bits per heavy atom. The Hall–Kier alpha value is -2.41. The second-order valence-corrected chi connectivity index (χ2v) is 3.85. The number of aromatic nitrogens is 2. The lowest BCUT2D eigenvalue weighted by Crippen LogP contribution is -2.02. The van der Waals surface area contributed by atoms with E-state index in [1.165, 1.54) is 0 Å². The fourth-order valence-corrected chi connectivity index (χ4v) is 1.77. The van der Waals surface area contributed by atoms with E-state index in [1.54, 1.807) is 22.9 Å². The molecule has 1 aromatic heterocycles. The molecule has 0 bridgehead atoms. The first-order valence-electron chi connectivity index (χ1n) is 5.18. The third kappa shape index (κ3) is 1.95. The highest BCUT2D eigenvalue weighted by Crippen LogP contribution is 2.17. The van der Waals surface area contributed by atoms with Crippen LogP contribution in [0, 0.1) is 25.2 Å². The van der Waals surface area contributed by atoms with Gasteiger partial charge >= 0.3 is 0 Å². The summed E-state index contributed by atoms with van der Waals surface area (Å²) >= 11 is 0. The monoisotopic (exact) mass is 225 g/mol. The Bertz CT molecular complexity index is 620. The Morgan fingerprint density at radius 2 is 2.12 bits per heavy atom. The van der Waals surface area contributed by atoms with Gasteiger partial charge in [0.25, 0.3) is 0 Å². The normalized spacial score (nSPS) is 9.94. The molecule has 0 atom stereocenters. The van der Waals surface area contributed by atoms with Crippen molar-refractivity contribution in [3.63, 3.8) is 0 Å². The molecule has 0 N–H and O–H groups in total. The molecule has 2 rings (SSSR count). The van der Waals surface area contributed by atoms with Gasteiger partial charge in [-0.15, -0.1) is 0 Å². The van der Waals surface area contributed by atoms with Crippen molar-refractivity contribution >= 4 is 6.29 Å². The minimum atomic E-state index is 0.445. The van der Waals surface area contributed by atoms with Crippen LogP contribution in [0.5, 0.6) is 0 Å². The quantitative estimate of drug-likeness (QED) is 0.736. The van der Waals surface area contributed by atoms with Crippen molar-refractivity contribution in [2.75, 3.05) is 0 Å². The zero-order valence-corrected chi connectivity index (χ0v) is 9.64. The Balaban J connectivity index is 2.64. The van der Waals surface area contributed by atoms with E-state index in [0.717, 1.165) is 17.7 Å². The second kappa shape index (κ2) is 4.22. The van der Waals surface area contributed by atoms with Gasteiger partial charge in [0.2, 0.25) is 0 Å². The molecule has 4 heteroatoms. The fourth-order valence-electron chi connectivity index (χ4n) is 1.77. The Morgan fingerprint density at radius 3 is 2.65 bits per heavy atom. The number of aldehydes is 1. The molecule has 2 aromatic rings. The van der Waals surface area contributed by atoms with Crippen LogP contribution in [-0.2, 0) is 0 Å². The van der Waals surface area contributed by atoms with Gasteiger partial charge in [-0.3, -0.25) is 4.79 Å². The van der Waals surface area contributed by atoms with Crippen molar-refractivity contribution in [1.29, 1.82) is 5.26 Å². The highest BCUT2D eigenvalue weighted by atomic mass is 16.1. The molecule has 4 nitrogen and oxygen atoms in total. The van der Waals surface area contributed by atoms with Crippen molar-refractivity contribution in [2.24, 2.45) is 0 Å². The molecule has 0 radical (unpaired) electrons. The maximum atomic E-state index is 10.7. The smallest absolute Gasteiger partial charge is 0.150 e. The molecule has 0 aliphatic heterocycles. The first-order chi connectivity index (χ1) is 8.15. The lowest BCUT2D eigenvalue weighted by Gasteiger charge is -2.06. The number of aryl methyl sites for hydroxylation is 2. The average Bonchev–Trinajstić information content (AvgIpc) is 2.67. The van der Waals surface area contributed by atoms with Crippen LogP contribution in [0.4, 0.5) is 0 Å². The van der Waals surface area contributed by atoms with Gasteiger partial charge in [0.1, 0.15) is 12.4 Å². The summed E-state index contributed by atoms with van der Waals surface area (Å²) in [6.07, 6.45) is 0.728. The Kier molecular flexibility index (Phi) is 2.75. The van der Waals surface area contributed by atoms with Gasteiger partial charge in [-0.1, -0.05) is 0 Å². The van der Waals surface area contributed by atoms with E-state index < -0.39 is 0 Å². The summed E-state index contributed by atoms with van der Waals surface area (Å²) in [4.78, 5) is 10.7. The number of carbonyl (C=O) groups is 1. The van der Waals surface area contributed by atoms with Crippen LogP contribution < -0.4 is 0 Å². The van der Waals surface area contributed by atoms with Crippen molar-refractivity contribution in [1.82, 2.24) is 9.78 Å². The molecule has 84 valence electrons. The van der Waals surface area contributed by atoms with E-state index in [4.69, 9.17) is 5.26 Å². The predicted octanol–water partition coefficient (Wildman–Crippen LogP) is 2.17. The third-order valence-corrected chi connectivity index (χ3v) is 2.51. The van der Waals surface area contributed by atoms with E-state index in [2.05, 4.69) is 11.2 Å². The number of nitriles is 1. The minimum absolute atomic E-state index is 0.445. The number of hydrogen-bond acceptors (Lipinski definition) is 3. The molecule has 0 saturated heterocycles. The first-order valence-corrected chi connectivity index (χ1v) is 5.18. The van der Waals surface area contributed by atoms with Crippen molar-refractivity contribution < 1.29 is 4.79 Å². The molecule has 17 heavy (non-hydrogen) atoms. The van der Waals surface area contributed by atoms with E-state index in [9.17, 15) is 4.79 Å². The highest BCUT2D eigenvalue weighted by Gasteiger charge is 2.09. The summed E-state index contributed by atoms with van der Waals surface area (Å²) in [7, 11) is 0. The molecule has 0 spiro atoms. The van der Waals surface area contributed by atoms with Gasteiger partial charge in [-0.05, 0) is 38.1 Å². The zero-order chi connectivity index (χ0) is 12.4. The van der Waals surface area contributed by atoms with Gasteiger partial charge in [0, 0.05) is 11.3 Å². The van der Waals surface area contributed by atoms with E-state index >= 15 is 0 Å². The lowest BCUT2D eigenvalue weighted by atomic mass is 10.1. The molecule has 1 aromatic carbocycles. The zero-order valence-electron chi connectivity index (χ0n) is 9.64. The SMILES string of the molecule is Cc1cc(C)n(-c2ccc(C=O)cc2C#N)n1. The van der Waals surface area contributed by atoms with Gasteiger partial charge in [0.15, 0.2) is 0 Å². The topological polar surface area (TPSA) is 58.7 Å². The van der Waals surface area contributed by atoms with E-state index in [-0.39, 0.29) is 0 Å². The summed E-state index contributed by atoms with van der Waals surface area (Å²) in [5.41, 5.74) is 3.49. The van der Waals surface area contributed by atoms with Crippen molar-refractivity contribution in [3.8, 4) is 11.8 Å². The van der Waals surface area contributed by atoms with Crippen LogP contribution in [0.2, 0.25) is 0 Å². The standard InChI is InChI=1S/C13H11N3O/c1-9-5-10(2)16(15-9)13-4-3-11(8-17)6-12(13)7-14/h3-6,8H,1-2H3. The van der Waals surface area contributed by atoms with Gasteiger partial charge in [-0.25, -0.2) is 4.68 Å². The van der Waals surface area contributed by atoms with Crippen LogP contribution in [0.15, 0.2) is 24.3 Å². The summed E-state index contributed by atoms with van der Waals surface area (Å²) in [5, 5.41) is 13.4. The number of benzene rings is 1. The number of hydrogen-bond donors (Lipinski definition) is 0. The van der Waals surface area contributed by atoms with Crippen molar-refractivity contribution in [2.45, 2.75) is 13.8 Å². The number of rotatable bonds is 2. The second-order valence-electron chi connectivity index (χ2n) is 3.85. The molecule has 0 amide bonds. The first kappa shape index (κ1) is 11.1. The molecule has 0 aliphatic carbocycles. The predicted molar refractivity (Wildman–Crippen MR) is 63.1 cm³/mol. The molecular weight excluding hydrogens is 214 g/mol. The highest BCUT2D eigenvalue weighted by molar-refractivity contribution is 5.76. The molecular formula is C13H11N3O. The Labute approximate surface area is 99.1 Å². The van der Waals surface area contributed by atoms with Gasteiger partial charge in [0.05, 0.1) is 16.9 Å². The minimum Gasteiger partial charge on any atom is -0.298 e. The maximum Gasteiger partial charge on any atom is 0.150 e. The fraction of sp³-hybridized carbons (Fsp3) is 0.154. The largest absolute Gasteiger partial charge is 0.298 e. The van der Waals surface area contributed by atoms with Crippen LogP contribution in [0.1, 0.15) is 27.3 Å². The van der Waals surface area contributed by atoms with Crippen LogP contribution >= 0.6 is 0 Å². The summed E-state index contributed by atoms with van der Waals surface area (Å²) in [6, 6.07) is 9.01. The molecule has 0 saturated carbocycles. The summed E-state index contributed by atoms with van der Waals surface area (Å²) < 4.78 is 1.71. The van der Waals surface area contributed by atoms with Gasteiger partial charge in [-0.2, -0.15) is 10.4 Å². The van der Waals surface area contributed by atoms with E-state index in [1.807, 2.05) is 19.9 Å². The number of nitrogens with zero attached hydrogens (tertiary/aromatic N) is 3. The van der Waals surface area contributed by atoms with Crippen LogP contribution in [-0.4, -0.2) is 16.1 Å². The average molecular weight is 225 g/mol. The molecule has 1 heterocycles. The van der Waals surface area contributed by atoms with Crippen molar-refractivity contribution in [3.05, 3.63) is 46.8 Å². The molecule has 0 unspecified atom stereocenters.